The van der Waals surface area contributed by atoms with Crippen molar-refractivity contribution in [1.29, 1.82) is 0 Å². The van der Waals surface area contributed by atoms with Crippen LogP contribution in [0.5, 0.6) is 0 Å². The number of nitro benzene ring substituents is 2. The van der Waals surface area contributed by atoms with Crippen LogP contribution < -0.4 is 5.32 Å². The van der Waals surface area contributed by atoms with Crippen LogP contribution in [0.15, 0.2) is 45.4 Å². The molecule has 1 N–H and O–H groups in total. The van der Waals surface area contributed by atoms with Gasteiger partial charge in [0.15, 0.2) is 0 Å². The molecule has 3 heterocycles. The highest BCUT2D eigenvalue weighted by atomic mass is 32.2. The molecule has 0 unspecified atom stereocenters. The minimum atomic E-state index is -2.97. The highest BCUT2D eigenvalue weighted by Crippen LogP contribution is 2.35. The topological polar surface area (TPSA) is 185 Å². The van der Waals surface area contributed by atoms with E-state index in [4.69, 9.17) is 9.05 Å². The number of anilines is 1. The zero-order chi connectivity index (χ0) is 30.8. The minimum Gasteiger partial charge on any atom is -0.377 e. The number of hydrogen-bond acceptors (Lipinski definition) is 11. The molecule has 1 aliphatic heterocycles. The van der Waals surface area contributed by atoms with Gasteiger partial charge >= 0.3 is 5.69 Å². The third-order valence-electron chi connectivity index (χ3n) is 6.90. The fourth-order valence-electron chi connectivity index (χ4n) is 4.81. The van der Waals surface area contributed by atoms with Crippen molar-refractivity contribution in [2.75, 3.05) is 16.8 Å². The van der Waals surface area contributed by atoms with Crippen molar-refractivity contribution >= 4 is 26.9 Å². The first kappa shape index (κ1) is 30.3. The molecular formula is C27H28FN5O8S. The van der Waals surface area contributed by atoms with Crippen molar-refractivity contribution in [3.63, 3.8) is 0 Å². The molecule has 15 heteroatoms. The van der Waals surface area contributed by atoms with Crippen LogP contribution in [0.1, 0.15) is 35.7 Å². The van der Waals surface area contributed by atoms with Crippen molar-refractivity contribution < 1.29 is 31.7 Å². The van der Waals surface area contributed by atoms with Crippen LogP contribution in [0.3, 0.4) is 0 Å². The zero-order valence-electron chi connectivity index (χ0n) is 23.2. The van der Waals surface area contributed by atoms with Crippen molar-refractivity contribution in [2.24, 2.45) is 0 Å². The lowest BCUT2D eigenvalue weighted by molar-refractivity contribution is -0.387. The summed E-state index contributed by atoms with van der Waals surface area (Å²) in [5.41, 5.74) is 3.67. The van der Waals surface area contributed by atoms with Crippen molar-refractivity contribution in [2.45, 2.75) is 46.6 Å². The number of nitrogens with zero attached hydrogens (tertiary/aromatic N) is 4. The maximum Gasteiger partial charge on any atom is 0.305 e. The van der Waals surface area contributed by atoms with E-state index in [-0.39, 0.29) is 23.2 Å². The molecule has 42 heavy (non-hydrogen) atoms. The Morgan fingerprint density at radius 3 is 1.76 bits per heavy atom. The molecule has 0 radical (unpaired) electrons. The van der Waals surface area contributed by atoms with Gasteiger partial charge in [-0.3, -0.25) is 20.2 Å². The molecule has 2 aromatic heterocycles. The fraction of sp³-hybridized carbons (Fsp3) is 0.333. The summed E-state index contributed by atoms with van der Waals surface area (Å²) in [6.07, 6.45) is 0.899. The van der Waals surface area contributed by atoms with E-state index >= 15 is 0 Å². The minimum absolute atomic E-state index is 0.0501. The van der Waals surface area contributed by atoms with Gasteiger partial charge in [-0.2, -0.15) is 4.39 Å². The Bertz CT molecular complexity index is 1710. The summed E-state index contributed by atoms with van der Waals surface area (Å²) in [5, 5.41) is 32.9. The molecule has 2 aromatic carbocycles. The van der Waals surface area contributed by atoms with Gasteiger partial charge in [-0.25, -0.2) is 8.42 Å². The molecule has 0 saturated carbocycles. The standard InChI is InChI=1S/C16H19N3O5S.C11H9FN2O3/c1-10-16(11(2)24-18-10)12-3-4-14(15(9-12)19(20)21)17-13-5-7-25(22,23)8-6-13;1-6-11(7(2)17-13-6)8-3-4-9(12)10(5-8)14(15)16/h3-4,9,13,17H,5-8H2,1-2H3;3-5H,1-2H3. The van der Waals surface area contributed by atoms with Gasteiger partial charge in [0.05, 0.1) is 32.7 Å². The van der Waals surface area contributed by atoms with Gasteiger partial charge in [0.1, 0.15) is 27.0 Å². The van der Waals surface area contributed by atoms with Crippen LogP contribution in [-0.2, 0) is 9.84 Å². The Balaban J connectivity index is 0.000000208. The number of rotatable bonds is 6. The van der Waals surface area contributed by atoms with Crippen LogP contribution in [0, 0.1) is 53.7 Å². The van der Waals surface area contributed by atoms with E-state index in [0.29, 0.717) is 58.1 Å². The molecule has 1 fully saturated rings. The molecule has 1 aliphatic rings. The monoisotopic (exact) mass is 601 g/mol. The summed E-state index contributed by atoms with van der Waals surface area (Å²) in [6.45, 7) is 6.97. The molecule has 0 bridgehead atoms. The van der Waals surface area contributed by atoms with Crippen LogP contribution in [0.4, 0.5) is 21.5 Å². The number of aromatic nitrogens is 2. The molecule has 222 valence electrons. The molecular weight excluding hydrogens is 573 g/mol. The Labute approximate surface area is 239 Å². The maximum absolute atomic E-state index is 13.2. The summed E-state index contributed by atoms with van der Waals surface area (Å²) >= 11 is 0. The number of nitrogens with one attached hydrogen (secondary N) is 1. The second-order valence-electron chi connectivity index (χ2n) is 9.88. The van der Waals surface area contributed by atoms with Gasteiger partial charge in [0.25, 0.3) is 5.69 Å². The lowest BCUT2D eigenvalue weighted by atomic mass is 10.0. The number of benzene rings is 2. The zero-order valence-corrected chi connectivity index (χ0v) is 24.0. The molecule has 0 atom stereocenters. The first-order chi connectivity index (χ1) is 19.8. The van der Waals surface area contributed by atoms with E-state index in [9.17, 15) is 33.0 Å². The van der Waals surface area contributed by atoms with E-state index in [1.165, 1.54) is 18.2 Å². The Morgan fingerprint density at radius 1 is 0.833 bits per heavy atom. The normalized spacial score (nSPS) is 14.6. The maximum atomic E-state index is 13.2. The molecule has 13 nitrogen and oxygen atoms in total. The lowest BCUT2D eigenvalue weighted by Gasteiger charge is -2.24. The summed E-state index contributed by atoms with van der Waals surface area (Å²) in [5.74, 6) is 0.504. The van der Waals surface area contributed by atoms with Gasteiger partial charge in [0, 0.05) is 29.3 Å². The van der Waals surface area contributed by atoms with Crippen molar-refractivity contribution in [1.82, 2.24) is 10.3 Å². The van der Waals surface area contributed by atoms with E-state index in [0.717, 1.165) is 11.6 Å². The van der Waals surface area contributed by atoms with E-state index < -0.39 is 31.2 Å². The Hall–Kier alpha value is -4.66. The lowest BCUT2D eigenvalue weighted by Crippen LogP contribution is -2.32. The second-order valence-corrected chi connectivity index (χ2v) is 12.2. The molecule has 4 aromatic rings. The quantitative estimate of drug-likeness (QED) is 0.206. The van der Waals surface area contributed by atoms with E-state index in [2.05, 4.69) is 15.6 Å². The highest BCUT2D eigenvalue weighted by molar-refractivity contribution is 7.91. The number of hydrogen-bond donors (Lipinski definition) is 1. The molecule has 0 aliphatic carbocycles. The summed E-state index contributed by atoms with van der Waals surface area (Å²) in [7, 11) is -2.97. The summed E-state index contributed by atoms with van der Waals surface area (Å²) in [6, 6.07) is 8.56. The van der Waals surface area contributed by atoms with Gasteiger partial charge in [-0.05, 0) is 63.8 Å². The number of sulfone groups is 1. The number of halogens is 1. The van der Waals surface area contributed by atoms with Gasteiger partial charge in [-0.15, -0.1) is 0 Å². The Morgan fingerprint density at radius 2 is 1.31 bits per heavy atom. The van der Waals surface area contributed by atoms with Crippen LogP contribution in [0.25, 0.3) is 22.3 Å². The average Bonchev–Trinajstić information content (AvgIpc) is 3.45. The van der Waals surface area contributed by atoms with Crippen LogP contribution in [-0.4, -0.2) is 46.1 Å². The average molecular weight is 602 g/mol. The fourth-order valence-corrected chi connectivity index (χ4v) is 6.30. The second kappa shape index (κ2) is 12.1. The largest absolute Gasteiger partial charge is 0.377 e. The van der Waals surface area contributed by atoms with E-state index in [1.54, 1.807) is 39.8 Å². The molecule has 0 amide bonds. The SMILES string of the molecule is Cc1noc(C)c1-c1ccc(F)c([N+](=O)[O-])c1.Cc1noc(C)c1-c1ccc(NC2CCS(=O)(=O)CC2)c([N+](=O)[O-])c1. The van der Waals surface area contributed by atoms with Gasteiger partial charge in [-0.1, -0.05) is 22.4 Å². The van der Waals surface area contributed by atoms with Gasteiger partial charge in [0.2, 0.25) is 5.82 Å². The predicted octanol–water partition coefficient (Wildman–Crippen LogP) is 5.86. The van der Waals surface area contributed by atoms with Crippen molar-refractivity contribution in [3.05, 3.63) is 85.4 Å². The molecule has 1 saturated heterocycles. The van der Waals surface area contributed by atoms with Gasteiger partial charge < -0.3 is 14.4 Å². The third-order valence-corrected chi connectivity index (χ3v) is 8.61. The van der Waals surface area contributed by atoms with Crippen LogP contribution >= 0.6 is 0 Å². The van der Waals surface area contributed by atoms with E-state index in [1.807, 2.05) is 0 Å². The smallest absolute Gasteiger partial charge is 0.305 e. The Kier molecular flexibility index (Phi) is 8.70. The predicted molar refractivity (Wildman–Crippen MR) is 151 cm³/mol. The van der Waals surface area contributed by atoms with Crippen LogP contribution in [0.2, 0.25) is 0 Å². The molecule has 0 spiro atoms. The summed E-state index contributed by atoms with van der Waals surface area (Å²) < 4.78 is 46.3. The van der Waals surface area contributed by atoms with Crippen molar-refractivity contribution in [3.8, 4) is 22.3 Å². The summed E-state index contributed by atoms with van der Waals surface area (Å²) in [4.78, 5) is 20.9. The third kappa shape index (κ3) is 6.62. The molecule has 5 rings (SSSR count). The first-order valence-corrected chi connectivity index (χ1v) is 14.7. The number of nitro groups is 2. The first-order valence-electron chi connectivity index (χ1n) is 12.8. The number of aryl methyl sites for hydroxylation is 4. The highest BCUT2D eigenvalue weighted by Gasteiger charge is 2.26.